The molecule has 1 fully saturated rings. The molecule has 2 N–H and O–H groups in total. The predicted molar refractivity (Wildman–Crippen MR) is 87.3 cm³/mol. The molecular weight excluding hydrogens is 302 g/mol. The molecule has 6 heteroatoms. The van der Waals surface area contributed by atoms with Gasteiger partial charge in [-0.05, 0) is 26.3 Å². The maximum absolute atomic E-state index is 12.6. The number of benzene rings is 1. The first-order valence-electron chi connectivity index (χ1n) is 7.29. The summed E-state index contributed by atoms with van der Waals surface area (Å²) in [6.07, 6.45) is 2.09. The SMILES string of the molecule is Cc1onc(-c2ccccc2)c1C(=O)N[C@H]1CCCNC1.Cl. The van der Waals surface area contributed by atoms with E-state index < -0.39 is 0 Å². The lowest BCUT2D eigenvalue weighted by atomic mass is 10.0. The van der Waals surface area contributed by atoms with Crippen LogP contribution in [0.1, 0.15) is 29.0 Å². The van der Waals surface area contributed by atoms with Crippen LogP contribution >= 0.6 is 12.4 Å². The maximum Gasteiger partial charge on any atom is 0.257 e. The van der Waals surface area contributed by atoms with Gasteiger partial charge in [0.1, 0.15) is 17.0 Å². The summed E-state index contributed by atoms with van der Waals surface area (Å²) in [4.78, 5) is 12.6. The van der Waals surface area contributed by atoms with Crippen molar-refractivity contribution in [2.75, 3.05) is 13.1 Å². The second kappa shape index (κ2) is 7.42. The van der Waals surface area contributed by atoms with Crippen LogP contribution in [0.25, 0.3) is 11.3 Å². The molecule has 22 heavy (non-hydrogen) atoms. The van der Waals surface area contributed by atoms with Crippen molar-refractivity contribution in [1.29, 1.82) is 0 Å². The Hall–Kier alpha value is -1.85. The van der Waals surface area contributed by atoms with E-state index in [9.17, 15) is 4.79 Å². The normalized spacial score (nSPS) is 17.6. The summed E-state index contributed by atoms with van der Waals surface area (Å²) in [5.74, 6) is 0.441. The molecular formula is C16H20ClN3O2. The Morgan fingerprint density at radius 2 is 2.14 bits per heavy atom. The zero-order valence-electron chi connectivity index (χ0n) is 12.5. The van der Waals surface area contributed by atoms with Crippen LogP contribution in [-0.2, 0) is 0 Å². The van der Waals surface area contributed by atoms with Crippen LogP contribution in [-0.4, -0.2) is 30.2 Å². The van der Waals surface area contributed by atoms with E-state index in [-0.39, 0.29) is 24.4 Å². The monoisotopic (exact) mass is 321 g/mol. The Balaban J connectivity index is 0.00000176. The summed E-state index contributed by atoms with van der Waals surface area (Å²) < 4.78 is 5.23. The number of aromatic nitrogens is 1. The Kier molecular flexibility index (Phi) is 5.57. The van der Waals surface area contributed by atoms with Gasteiger partial charge in [0, 0.05) is 18.2 Å². The first kappa shape index (κ1) is 16.5. The minimum absolute atomic E-state index is 0. The Bertz CT molecular complexity index is 622. The van der Waals surface area contributed by atoms with E-state index in [1.807, 2.05) is 30.3 Å². The number of hydrogen-bond donors (Lipinski definition) is 2. The molecule has 0 unspecified atom stereocenters. The van der Waals surface area contributed by atoms with Crippen molar-refractivity contribution in [3.63, 3.8) is 0 Å². The van der Waals surface area contributed by atoms with Crippen molar-refractivity contribution in [3.05, 3.63) is 41.7 Å². The summed E-state index contributed by atoms with van der Waals surface area (Å²) >= 11 is 0. The van der Waals surface area contributed by atoms with Gasteiger partial charge in [-0.1, -0.05) is 35.5 Å². The van der Waals surface area contributed by atoms with Gasteiger partial charge < -0.3 is 15.2 Å². The van der Waals surface area contributed by atoms with E-state index >= 15 is 0 Å². The largest absolute Gasteiger partial charge is 0.360 e. The molecule has 1 aromatic heterocycles. The smallest absolute Gasteiger partial charge is 0.257 e. The molecule has 2 aromatic rings. The lowest BCUT2D eigenvalue weighted by Gasteiger charge is -2.23. The van der Waals surface area contributed by atoms with Crippen molar-refractivity contribution in [2.45, 2.75) is 25.8 Å². The van der Waals surface area contributed by atoms with Gasteiger partial charge in [0.2, 0.25) is 0 Å². The molecule has 2 heterocycles. The fraction of sp³-hybridized carbons (Fsp3) is 0.375. The average molecular weight is 322 g/mol. The minimum Gasteiger partial charge on any atom is -0.360 e. The van der Waals surface area contributed by atoms with Crippen molar-refractivity contribution in [2.24, 2.45) is 0 Å². The van der Waals surface area contributed by atoms with Crippen LogP contribution in [0.3, 0.4) is 0 Å². The van der Waals surface area contributed by atoms with Crippen molar-refractivity contribution in [3.8, 4) is 11.3 Å². The zero-order valence-corrected chi connectivity index (χ0v) is 13.3. The van der Waals surface area contributed by atoms with E-state index in [1.165, 1.54) is 0 Å². The Labute approximate surface area is 135 Å². The lowest BCUT2D eigenvalue weighted by Crippen LogP contribution is -2.45. The number of aryl methyl sites for hydroxylation is 1. The number of amides is 1. The first-order chi connectivity index (χ1) is 10.3. The maximum atomic E-state index is 12.6. The molecule has 3 rings (SSSR count). The molecule has 0 spiro atoms. The number of carbonyl (C=O) groups is 1. The fourth-order valence-electron chi connectivity index (χ4n) is 2.67. The molecule has 5 nitrogen and oxygen atoms in total. The van der Waals surface area contributed by atoms with Crippen LogP contribution < -0.4 is 10.6 Å². The molecule has 1 aromatic carbocycles. The highest BCUT2D eigenvalue weighted by molar-refractivity contribution is 6.00. The van der Waals surface area contributed by atoms with Crippen molar-refractivity contribution < 1.29 is 9.32 Å². The number of nitrogens with zero attached hydrogens (tertiary/aromatic N) is 1. The summed E-state index contributed by atoms with van der Waals surface area (Å²) in [5, 5.41) is 10.4. The van der Waals surface area contributed by atoms with Crippen molar-refractivity contribution in [1.82, 2.24) is 15.8 Å². The molecule has 0 bridgehead atoms. The van der Waals surface area contributed by atoms with Gasteiger partial charge in [-0.3, -0.25) is 4.79 Å². The molecule has 1 aliphatic rings. The lowest BCUT2D eigenvalue weighted by molar-refractivity contribution is 0.0929. The minimum atomic E-state index is -0.110. The van der Waals surface area contributed by atoms with Gasteiger partial charge in [0.15, 0.2) is 0 Å². The molecule has 0 aliphatic carbocycles. The van der Waals surface area contributed by atoms with Gasteiger partial charge in [-0.15, -0.1) is 12.4 Å². The molecule has 0 saturated carbocycles. The van der Waals surface area contributed by atoms with Crippen molar-refractivity contribution >= 4 is 18.3 Å². The summed E-state index contributed by atoms with van der Waals surface area (Å²) in [7, 11) is 0. The third-order valence-corrected chi connectivity index (χ3v) is 3.77. The van der Waals surface area contributed by atoms with Gasteiger partial charge in [-0.25, -0.2) is 0 Å². The number of halogens is 1. The van der Waals surface area contributed by atoms with Crippen LogP contribution in [0.5, 0.6) is 0 Å². The summed E-state index contributed by atoms with van der Waals surface area (Å²) in [5.41, 5.74) is 2.03. The standard InChI is InChI=1S/C16H19N3O2.ClH/c1-11-14(16(20)18-13-8-5-9-17-10-13)15(19-21-11)12-6-3-2-4-7-12;/h2-4,6-7,13,17H,5,8-10H2,1H3,(H,18,20);1H/t13-;/m0./s1. The predicted octanol–water partition coefficient (Wildman–Crippen LogP) is 2.55. The molecule has 1 atom stereocenters. The van der Waals surface area contributed by atoms with E-state index in [1.54, 1.807) is 6.92 Å². The number of hydrogen-bond acceptors (Lipinski definition) is 4. The van der Waals surface area contributed by atoms with Crippen LogP contribution in [0.15, 0.2) is 34.9 Å². The molecule has 118 valence electrons. The van der Waals surface area contributed by atoms with Crippen LogP contribution in [0, 0.1) is 6.92 Å². The van der Waals surface area contributed by atoms with Crippen LogP contribution in [0.4, 0.5) is 0 Å². The van der Waals surface area contributed by atoms with Gasteiger partial charge >= 0.3 is 0 Å². The third kappa shape index (κ3) is 3.48. The van der Waals surface area contributed by atoms with E-state index in [0.717, 1.165) is 31.5 Å². The number of carbonyl (C=O) groups excluding carboxylic acids is 1. The second-order valence-corrected chi connectivity index (χ2v) is 5.35. The molecule has 1 amide bonds. The fourth-order valence-corrected chi connectivity index (χ4v) is 2.67. The Morgan fingerprint density at radius 3 is 2.82 bits per heavy atom. The summed E-state index contributed by atoms with van der Waals surface area (Å²) in [6.45, 7) is 3.61. The highest BCUT2D eigenvalue weighted by atomic mass is 35.5. The zero-order chi connectivity index (χ0) is 14.7. The third-order valence-electron chi connectivity index (χ3n) is 3.77. The van der Waals surface area contributed by atoms with Gasteiger partial charge in [0.25, 0.3) is 5.91 Å². The van der Waals surface area contributed by atoms with Gasteiger partial charge in [0.05, 0.1) is 0 Å². The number of rotatable bonds is 3. The molecule has 0 radical (unpaired) electrons. The highest BCUT2D eigenvalue weighted by Gasteiger charge is 2.24. The number of nitrogens with one attached hydrogen (secondary N) is 2. The van der Waals surface area contributed by atoms with Gasteiger partial charge in [-0.2, -0.15) is 0 Å². The molecule has 1 saturated heterocycles. The van der Waals surface area contributed by atoms with E-state index in [0.29, 0.717) is 17.0 Å². The number of piperidine rings is 1. The highest BCUT2D eigenvalue weighted by Crippen LogP contribution is 2.25. The second-order valence-electron chi connectivity index (χ2n) is 5.35. The average Bonchev–Trinajstić information content (AvgIpc) is 2.91. The Morgan fingerprint density at radius 1 is 1.36 bits per heavy atom. The van der Waals surface area contributed by atoms with E-state index in [2.05, 4.69) is 15.8 Å². The van der Waals surface area contributed by atoms with E-state index in [4.69, 9.17) is 4.52 Å². The first-order valence-corrected chi connectivity index (χ1v) is 7.29. The molecule has 1 aliphatic heterocycles. The van der Waals surface area contributed by atoms with Crippen LogP contribution in [0.2, 0.25) is 0 Å². The quantitative estimate of drug-likeness (QED) is 0.911. The summed E-state index contributed by atoms with van der Waals surface area (Å²) in [6, 6.07) is 9.80. The topological polar surface area (TPSA) is 67.2 Å².